The Bertz CT molecular complexity index is 481. The molecule has 6 heteroatoms. The van der Waals surface area contributed by atoms with E-state index in [4.69, 9.17) is 10.5 Å². The molecule has 0 amide bonds. The van der Waals surface area contributed by atoms with Crippen molar-refractivity contribution in [3.05, 3.63) is 39.7 Å². The van der Waals surface area contributed by atoms with Gasteiger partial charge >= 0.3 is 0 Å². The lowest BCUT2D eigenvalue weighted by atomic mass is 9.86. The van der Waals surface area contributed by atoms with Crippen LogP contribution in [0.2, 0.25) is 0 Å². The average Bonchev–Trinajstić information content (AvgIpc) is 2.45. The van der Waals surface area contributed by atoms with Crippen molar-refractivity contribution in [3.63, 3.8) is 0 Å². The minimum Gasteiger partial charge on any atom is -0.373 e. The van der Waals surface area contributed by atoms with Crippen LogP contribution in [0.5, 0.6) is 0 Å². The predicted molar refractivity (Wildman–Crippen MR) is 72.6 cm³/mol. The van der Waals surface area contributed by atoms with Crippen molar-refractivity contribution in [2.75, 3.05) is 6.54 Å². The number of rotatable bonds is 5. The maximum absolute atomic E-state index is 13.2. The van der Waals surface area contributed by atoms with Gasteiger partial charge in [-0.2, -0.15) is 0 Å². The molecule has 5 nitrogen and oxygen atoms in total. The molecule has 2 N–H and O–H groups in total. The van der Waals surface area contributed by atoms with Gasteiger partial charge in [0.25, 0.3) is 5.69 Å². The van der Waals surface area contributed by atoms with Crippen LogP contribution < -0.4 is 5.73 Å². The third-order valence-electron chi connectivity index (χ3n) is 3.83. The third kappa shape index (κ3) is 3.52. The molecule has 1 saturated carbocycles. The summed E-state index contributed by atoms with van der Waals surface area (Å²) in [6, 6.07) is 3.43. The fourth-order valence-electron chi connectivity index (χ4n) is 2.71. The maximum Gasteiger partial charge on any atom is 0.275 e. The molecule has 0 aliphatic heterocycles. The van der Waals surface area contributed by atoms with Gasteiger partial charge in [0.05, 0.1) is 23.2 Å². The second-order valence-electron chi connectivity index (χ2n) is 5.16. The number of nitrogens with two attached hydrogens (primary N) is 1. The summed E-state index contributed by atoms with van der Waals surface area (Å²) in [6.07, 6.45) is 4.16. The number of hydrogen-bond acceptors (Lipinski definition) is 4. The van der Waals surface area contributed by atoms with Crippen LogP contribution >= 0.6 is 0 Å². The summed E-state index contributed by atoms with van der Waals surface area (Å²) < 4.78 is 19.0. The van der Waals surface area contributed by atoms with Gasteiger partial charge in [0.2, 0.25) is 0 Å². The highest BCUT2D eigenvalue weighted by Gasteiger charge is 2.25. The van der Waals surface area contributed by atoms with E-state index >= 15 is 0 Å². The van der Waals surface area contributed by atoms with E-state index in [9.17, 15) is 14.5 Å². The summed E-state index contributed by atoms with van der Waals surface area (Å²) in [4.78, 5) is 10.4. The molecule has 0 spiro atoms. The number of ether oxygens (including phenoxy) is 1. The fourth-order valence-corrected chi connectivity index (χ4v) is 2.71. The largest absolute Gasteiger partial charge is 0.373 e. The van der Waals surface area contributed by atoms with Gasteiger partial charge in [-0.1, -0.05) is 12.8 Å². The Morgan fingerprint density at radius 1 is 1.40 bits per heavy atom. The van der Waals surface area contributed by atoms with E-state index in [0.717, 1.165) is 31.7 Å². The predicted octanol–water partition coefficient (Wildman–Crippen LogP) is 2.77. The Kier molecular flexibility index (Phi) is 5.03. The lowest BCUT2D eigenvalue weighted by molar-refractivity contribution is -0.386. The molecule has 20 heavy (non-hydrogen) atoms. The topological polar surface area (TPSA) is 78.4 Å². The van der Waals surface area contributed by atoms with Crippen molar-refractivity contribution in [2.24, 2.45) is 11.7 Å². The maximum atomic E-state index is 13.2. The quantitative estimate of drug-likeness (QED) is 0.665. The zero-order valence-electron chi connectivity index (χ0n) is 11.3. The monoisotopic (exact) mass is 282 g/mol. The molecule has 1 aliphatic rings. The van der Waals surface area contributed by atoms with Crippen LogP contribution in [0, 0.1) is 21.8 Å². The van der Waals surface area contributed by atoms with Crippen LogP contribution in [-0.2, 0) is 11.3 Å². The number of nitrogens with zero attached hydrogens (tertiary/aromatic N) is 1. The van der Waals surface area contributed by atoms with Crippen LogP contribution in [-0.4, -0.2) is 17.6 Å². The van der Waals surface area contributed by atoms with Crippen LogP contribution in [0.4, 0.5) is 10.1 Å². The molecule has 1 aromatic rings. The second-order valence-corrected chi connectivity index (χ2v) is 5.16. The smallest absolute Gasteiger partial charge is 0.275 e. The SMILES string of the molecule is NCC1CCCCC1OCc1cc(F)ccc1[N+](=O)[O-]. The Balaban J connectivity index is 2.06. The number of nitro benzene ring substituents is 1. The zero-order chi connectivity index (χ0) is 14.5. The second kappa shape index (κ2) is 6.76. The summed E-state index contributed by atoms with van der Waals surface area (Å²) in [6.45, 7) is 0.602. The molecule has 1 aliphatic carbocycles. The fraction of sp³-hybridized carbons (Fsp3) is 0.571. The molecular formula is C14H19FN2O3. The van der Waals surface area contributed by atoms with Crippen molar-refractivity contribution >= 4 is 5.69 Å². The molecule has 1 aromatic carbocycles. The van der Waals surface area contributed by atoms with E-state index < -0.39 is 10.7 Å². The van der Waals surface area contributed by atoms with Crippen molar-refractivity contribution in [1.29, 1.82) is 0 Å². The van der Waals surface area contributed by atoms with Crippen molar-refractivity contribution in [2.45, 2.75) is 38.4 Å². The first kappa shape index (κ1) is 14.9. The van der Waals surface area contributed by atoms with Gasteiger partial charge in [0, 0.05) is 6.07 Å². The first-order valence-electron chi connectivity index (χ1n) is 6.86. The minimum atomic E-state index is -0.514. The van der Waals surface area contributed by atoms with E-state index in [-0.39, 0.29) is 29.9 Å². The van der Waals surface area contributed by atoms with Crippen molar-refractivity contribution in [3.8, 4) is 0 Å². The van der Waals surface area contributed by atoms with Crippen LogP contribution in [0.15, 0.2) is 18.2 Å². The molecule has 110 valence electrons. The van der Waals surface area contributed by atoms with Gasteiger partial charge in [0.15, 0.2) is 0 Å². The van der Waals surface area contributed by atoms with Crippen molar-refractivity contribution < 1.29 is 14.1 Å². The van der Waals surface area contributed by atoms with Gasteiger partial charge < -0.3 is 10.5 Å². The van der Waals surface area contributed by atoms with Crippen molar-refractivity contribution in [1.82, 2.24) is 0 Å². The molecule has 0 saturated heterocycles. The normalized spacial score (nSPS) is 22.7. The molecule has 0 radical (unpaired) electrons. The van der Waals surface area contributed by atoms with Gasteiger partial charge in [-0.3, -0.25) is 10.1 Å². The highest BCUT2D eigenvalue weighted by atomic mass is 19.1. The Morgan fingerprint density at radius 2 is 2.15 bits per heavy atom. The molecule has 2 unspecified atom stereocenters. The van der Waals surface area contributed by atoms with Crippen LogP contribution in [0.25, 0.3) is 0 Å². The van der Waals surface area contributed by atoms with E-state index in [1.807, 2.05) is 0 Å². The van der Waals surface area contributed by atoms with E-state index in [0.29, 0.717) is 6.54 Å². The number of nitro groups is 1. The molecular weight excluding hydrogens is 263 g/mol. The first-order valence-corrected chi connectivity index (χ1v) is 6.86. The summed E-state index contributed by atoms with van der Waals surface area (Å²) in [7, 11) is 0. The standard InChI is InChI=1S/C14H19FN2O3/c15-12-5-6-13(17(18)19)11(7-12)9-20-14-4-2-1-3-10(14)8-16/h5-7,10,14H,1-4,8-9,16H2. The third-order valence-corrected chi connectivity index (χ3v) is 3.83. The summed E-state index contributed by atoms with van der Waals surface area (Å²) in [5.41, 5.74) is 5.89. The lowest BCUT2D eigenvalue weighted by Gasteiger charge is -2.30. The van der Waals surface area contributed by atoms with Crippen LogP contribution in [0.3, 0.4) is 0 Å². The van der Waals surface area contributed by atoms with Gasteiger partial charge in [-0.05, 0) is 37.4 Å². The summed E-state index contributed by atoms with van der Waals surface area (Å²) >= 11 is 0. The first-order chi connectivity index (χ1) is 9.61. The number of halogens is 1. The highest BCUT2D eigenvalue weighted by molar-refractivity contribution is 5.39. The van der Waals surface area contributed by atoms with E-state index in [1.54, 1.807) is 0 Å². The molecule has 1 fully saturated rings. The Morgan fingerprint density at radius 3 is 2.85 bits per heavy atom. The Labute approximate surface area is 117 Å². The average molecular weight is 282 g/mol. The van der Waals surface area contributed by atoms with Crippen LogP contribution in [0.1, 0.15) is 31.2 Å². The minimum absolute atomic E-state index is 0.0108. The zero-order valence-corrected chi connectivity index (χ0v) is 11.3. The molecule has 0 heterocycles. The van der Waals surface area contributed by atoms with Gasteiger partial charge in [-0.25, -0.2) is 4.39 Å². The van der Waals surface area contributed by atoms with Gasteiger partial charge in [0.1, 0.15) is 5.82 Å². The summed E-state index contributed by atoms with van der Waals surface area (Å²) in [5, 5.41) is 10.9. The number of hydrogen-bond donors (Lipinski definition) is 1. The molecule has 0 aromatic heterocycles. The Hall–Kier alpha value is -1.53. The highest BCUT2D eigenvalue weighted by Crippen LogP contribution is 2.28. The molecule has 0 bridgehead atoms. The molecule has 2 rings (SSSR count). The van der Waals surface area contributed by atoms with Gasteiger partial charge in [-0.15, -0.1) is 0 Å². The lowest BCUT2D eigenvalue weighted by Crippen LogP contribution is -2.33. The number of benzene rings is 1. The molecule has 2 atom stereocenters. The van der Waals surface area contributed by atoms with E-state index in [1.165, 1.54) is 12.1 Å². The summed E-state index contributed by atoms with van der Waals surface area (Å²) in [5.74, 6) is -0.204. The van der Waals surface area contributed by atoms with E-state index in [2.05, 4.69) is 0 Å².